The smallest absolute Gasteiger partial charge is 0.250 e. The molecular weight excluding hydrogens is 430 g/mol. The van der Waals surface area contributed by atoms with Gasteiger partial charge in [-0.1, -0.05) is 80.5 Å². The second-order valence-electron chi connectivity index (χ2n) is 8.01. The zero-order valence-electron chi connectivity index (χ0n) is 18.1. The van der Waals surface area contributed by atoms with E-state index < -0.39 is 0 Å². The molecule has 1 amide bonds. The van der Waals surface area contributed by atoms with E-state index >= 15 is 0 Å². The molecule has 1 aromatic heterocycles. The van der Waals surface area contributed by atoms with Gasteiger partial charge < -0.3 is 4.57 Å². The minimum Gasteiger partial charge on any atom is -0.302 e. The third-order valence-corrected chi connectivity index (χ3v) is 5.83. The summed E-state index contributed by atoms with van der Waals surface area (Å²) in [7, 11) is 0. The van der Waals surface area contributed by atoms with Crippen molar-refractivity contribution < 1.29 is 4.79 Å². The average Bonchev–Trinajstić information content (AvgIpc) is 3.15. The molecular formula is C23H26ClN5OS. The number of hydrogen-bond donors (Lipinski definition) is 1. The Morgan fingerprint density at radius 1 is 1.19 bits per heavy atom. The van der Waals surface area contributed by atoms with Crippen molar-refractivity contribution in [1.29, 1.82) is 0 Å². The number of rotatable bonds is 7. The van der Waals surface area contributed by atoms with Gasteiger partial charge >= 0.3 is 0 Å². The van der Waals surface area contributed by atoms with E-state index in [9.17, 15) is 4.79 Å². The predicted octanol–water partition coefficient (Wildman–Crippen LogP) is 5.16. The largest absolute Gasteiger partial charge is 0.302 e. The summed E-state index contributed by atoms with van der Waals surface area (Å²) in [6, 6.07) is 15.6. The van der Waals surface area contributed by atoms with Crippen LogP contribution in [0, 0.1) is 0 Å². The van der Waals surface area contributed by atoms with E-state index in [4.69, 9.17) is 11.6 Å². The maximum atomic E-state index is 12.2. The summed E-state index contributed by atoms with van der Waals surface area (Å²) < 4.78 is 2.01. The van der Waals surface area contributed by atoms with Crippen LogP contribution < -0.4 is 5.43 Å². The molecule has 6 nitrogen and oxygen atoms in total. The van der Waals surface area contributed by atoms with Crippen LogP contribution in [0.15, 0.2) is 58.8 Å². The van der Waals surface area contributed by atoms with Crippen molar-refractivity contribution in [3.8, 4) is 11.4 Å². The molecule has 0 fully saturated rings. The third kappa shape index (κ3) is 6.18. The fourth-order valence-electron chi connectivity index (χ4n) is 2.94. The van der Waals surface area contributed by atoms with Crippen molar-refractivity contribution in [2.75, 3.05) is 5.75 Å². The molecule has 2 aromatic carbocycles. The molecule has 8 heteroatoms. The molecule has 0 aliphatic heterocycles. The molecule has 0 atom stereocenters. The van der Waals surface area contributed by atoms with Crippen LogP contribution in [0.5, 0.6) is 0 Å². The van der Waals surface area contributed by atoms with E-state index in [0.717, 1.165) is 17.0 Å². The zero-order chi connectivity index (χ0) is 22.4. The van der Waals surface area contributed by atoms with Gasteiger partial charge in [0.2, 0.25) is 0 Å². The van der Waals surface area contributed by atoms with Crippen molar-refractivity contribution in [3.05, 3.63) is 64.7 Å². The molecule has 162 valence electrons. The zero-order valence-corrected chi connectivity index (χ0v) is 19.7. The number of amides is 1. The van der Waals surface area contributed by atoms with E-state index in [0.29, 0.717) is 16.7 Å². The quantitative estimate of drug-likeness (QED) is 0.303. The van der Waals surface area contributed by atoms with Crippen LogP contribution in [-0.2, 0) is 16.8 Å². The molecule has 0 bridgehead atoms. The van der Waals surface area contributed by atoms with Gasteiger partial charge in [-0.25, -0.2) is 5.43 Å². The fourth-order valence-corrected chi connectivity index (χ4v) is 3.93. The van der Waals surface area contributed by atoms with Crippen LogP contribution in [-0.4, -0.2) is 32.6 Å². The van der Waals surface area contributed by atoms with Crippen molar-refractivity contribution in [2.45, 2.75) is 44.8 Å². The van der Waals surface area contributed by atoms with Crippen LogP contribution in [0.1, 0.15) is 38.8 Å². The first kappa shape index (κ1) is 23.0. The van der Waals surface area contributed by atoms with E-state index in [2.05, 4.69) is 65.8 Å². The highest BCUT2D eigenvalue weighted by atomic mass is 35.5. The van der Waals surface area contributed by atoms with E-state index in [-0.39, 0.29) is 17.1 Å². The van der Waals surface area contributed by atoms with Crippen LogP contribution in [0.4, 0.5) is 0 Å². The number of hydrogen-bond acceptors (Lipinski definition) is 5. The summed E-state index contributed by atoms with van der Waals surface area (Å²) in [5.74, 6) is 0.767. The summed E-state index contributed by atoms with van der Waals surface area (Å²) in [6.45, 7) is 9.32. The van der Waals surface area contributed by atoms with Gasteiger partial charge in [0.25, 0.3) is 5.91 Å². The van der Waals surface area contributed by atoms with Crippen molar-refractivity contribution in [3.63, 3.8) is 0 Å². The second kappa shape index (κ2) is 10.1. The van der Waals surface area contributed by atoms with Gasteiger partial charge in [0.15, 0.2) is 11.0 Å². The molecule has 0 radical (unpaired) electrons. The molecule has 0 saturated heterocycles. The van der Waals surface area contributed by atoms with E-state index in [1.165, 1.54) is 17.3 Å². The van der Waals surface area contributed by atoms with Crippen molar-refractivity contribution in [1.82, 2.24) is 20.2 Å². The highest BCUT2D eigenvalue weighted by Crippen LogP contribution is 2.27. The minimum atomic E-state index is -0.218. The van der Waals surface area contributed by atoms with Gasteiger partial charge in [-0.05, 0) is 35.6 Å². The van der Waals surface area contributed by atoms with Crippen molar-refractivity contribution in [2.24, 2.45) is 5.10 Å². The summed E-state index contributed by atoms with van der Waals surface area (Å²) in [5.41, 5.74) is 5.71. The predicted molar refractivity (Wildman–Crippen MR) is 128 cm³/mol. The summed E-state index contributed by atoms with van der Waals surface area (Å²) in [4.78, 5) is 12.2. The first-order valence-corrected chi connectivity index (χ1v) is 11.4. The second-order valence-corrected chi connectivity index (χ2v) is 9.39. The molecule has 0 aliphatic carbocycles. The Morgan fingerprint density at radius 2 is 1.94 bits per heavy atom. The molecule has 0 aliphatic rings. The van der Waals surface area contributed by atoms with Gasteiger partial charge in [-0.2, -0.15) is 5.10 Å². The number of carbonyl (C=O) groups is 1. The number of benzene rings is 2. The van der Waals surface area contributed by atoms with Crippen LogP contribution in [0.2, 0.25) is 5.02 Å². The average molecular weight is 456 g/mol. The van der Waals surface area contributed by atoms with Gasteiger partial charge in [0.05, 0.1) is 12.0 Å². The highest BCUT2D eigenvalue weighted by molar-refractivity contribution is 7.99. The summed E-state index contributed by atoms with van der Waals surface area (Å²) in [5, 5.41) is 13.9. The van der Waals surface area contributed by atoms with Crippen LogP contribution >= 0.6 is 23.4 Å². The molecule has 3 aromatic rings. The molecule has 1 heterocycles. The minimum absolute atomic E-state index is 0.0978. The monoisotopic (exact) mass is 455 g/mol. The van der Waals surface area contributed by atoms with Crippen LogP contribution in [0.3, 0.4) is 0 Å². The highest BCUT2D eigenvalue weighted by Gasteiger charge is 2.17. The lowest BCUT2D eigenvalue weighted by molar-refractivity contribution is -0.118. The molecule has 31 heavy (non-hydrogen) atoms. The Kier molecular flexibility index (Phi) is 7.51. The van der Waals surface area contributed by atoms with Gasteiger partial charge in [-0.15, -0.1) is 10.2 Å². The topological polar surface area (TPSA) is 72.2 Å². The SMILES string of the molecule is CCn1c(SCC(=O)NN=Cc2cccc(Cl)c2)nnc1-c1ccc(C(C)(C)C)cc1. The molecule has 3 rings (SSSR count). The lowest BCUT2D eigenvalue weighted by atomic mass is 9.87. The number of thioether (sulfide) groups is 1. The number of nitrogens with one attached hydrogen (secondary N) is 1. The van der Waals surface area contributed by atoms with E-state index in [1.807, 2.05) is 23.6 Å². The maximum absolute atomic E-state index is 12.2. The summed E-state index contributed by atoms with van der Waals surface area (Å²) in [6.07, 6.45) is 1.56. The van der Waals surface area contributed by atoms with Gasteiger partial charge in [0, 0.05) is 17.1 Å². The first-order valence-electron chi connectivity index (χ1n) is 10.0. The molecule has 0 unspecified atom stereocenters. The normalized spacial score (nSPS) is 11.8. The van der Waals surface area contributed by atoms with Gasteiger partial charge in [-0.3, -0.25) is 4.79 Å². The lowest BCUT2D eigenvalue weighted by Crippen LogP contribution is -2.20. The molecule has 1 N–H and O–H groups in total. The van der Waals surface area contributed by atoms with E-state index in [1.54, 1.807) is 18.3 Å². The number of carbonyl (C=O) groups excluding carboxylic acids is 1. The van der Waals surface area contributed by atoms with Gasteiger partial charge in [0.1, 0.15) is 0 Å². The number of nitrogens with zero attached hydrogens (tertiary/aromatic N) is 4. The Labute approximate surface area is 192 Å². The molecule has 0 spiro atoms. The maximum Gasteiger partial charge on any atom is 0.250 e. The summed E-state index contributed by atoms with van der Waals surface area (Å²) >= 11 is 7.27. The molecule has 0 saturated carbocycles. The van der Waals surface area contributed by atoms with Crippen LogP contribution in [0.25, 0.3) is 11.4 Å². The lowest BCUT2D eigenvalue weighted by Gasteiger charge is -2.19. The Morgan fingerprint density at radius 3 is 2.58 bits per heavy atom. The number of hydrazone groups is 1. The van der Waals surface area contributed by atoms with Crippen molar-refractivity contribution >= 4 is 35.5 Å². The Bertz CT molecular complexity index is 1070. The number of aromatic nitrogens is 3. The Hall–Kier alpha value is -2.64. The Balaban J connectivity index is 1.62. The third-order valence-electron chi connectivity index (χ3n) is 4.63. The first-order chi connectivity index (χ1) is 14.8. The number of halogens is 1. The fraction of sp³-hybridized carbons (Fsp3) is 0.304. The standard InChI is InChI=1S/C23H26ClN5OS/c1-5-29-21(17-9-11-18(12-10-17)23(2,3)4)27-28-22(29)31-15-20(30)26-25-14-16-7-6-8-19(24)13-16/h6-14H,5,15H2,1-4H3,(H,26,30).